The summed E-state index contributed by atoms with van der Waals surface area (Å²) in [5.74, 6) is 0.451. The Kier molecular flexibility index (Phi) is 2.38. The van der Waals surface area contributed by atoms with Crippen LogP contribution in [0.5, 0.6) is 0 Å². The SMILES string of the molecule is CC(C)(C)/C=C/c1[nH]nc2ncnc(N)c12. The molecule has 3 N–H and O–H groups in total. The molecule has 0 atom stereocenters. The molecule has 2 heterocycles. The smallest absolute Gasteiger partial charge is 0.186 e. The predicted molar refractivity (Wildman–Crippen MR) is 64.6 cm³/mol. The number of allylic oxidation sites excluding steroid dienone is 1. The first-order valence-electron chi connectivity index (χ1n) is 5.11. The standard InChI is InChI=1S/C11H15N5/c1-11(2,3)5-4-7-8-9(12)13-6-14-10(8)16-15-7/h4-6H,1-3H3,(H3,12,13,14,15,16)/b5-4+. The van der Waals surface area contributed by atoms with Crippen molar-refractivity contribution in [2.24, 2.45) is 5.41 Å². The van der Waals surface area contributed by atoms with Gasteiger partial charge in [-0.3, -0.25) is 5.10 Å². The highest BCUT2D eigenvalue weighted by atomic mass is 15.2. The molecule has 2 rings (SSSR count). The molecule has 16 heavy (non-hydrogen) atoms. The minimum Gasteiger partial charge on any atom is -0.383 e. The van der Waals surface area contributed by atoms with Gasteiger partial charge in [0.2, 0.25) is 0 Å². The highest BCUT2D eigenvalue weighted by molar-refractivity contribution is 5.92. The number of nitrogens with zero attached hydrogens (tertiary/aromatic N) is 3. The molecule has 0 saturated heterocycles. The molecule has 0 saturated carbocycles. The van der Waals surface area contributed by atoms with Crippen molar-refractivity contribution in [3.63, 3.8) is 0 Å². The van der Waals surface area contributed by atoms with E-state index in [1.807, 2.05) is 6.08 Å². The summed E-state index contributed by atoms with van der Waals surface area (Å²) >= 11 is 0. The average molecular weight is 217 g/mol. The van der Waals surface area contributed by atoms with Crippen LogP contribution in [0.4, 0.5) is 5.82 Å². The number of aromatic nitrogens is 4. The number of fused-ring (bicyclic) bond motifs is 1. The number of nitrogens with two attached hydrogens (primary N) is 1. The lowest BCUT2D eigenvalue weighted by atomic mass is 9.96. The van der Waals surface area contributed by atoms with Gasteiger partial charge in [0.1, 0.15) is 12.1 Å². The second-order valence-corrected chi connectivity index (χ2v) is 4.79. The van der Waals surface area contributed by atoms with Crippen LogP contribution >= 0.6 is 0 Å². The first-order valence-corrected chi connectivity index (χ1v) is 5.11. The van der Waals surface area contributed by atoms with Gasteiger partial charge in [-0.1, -0.05) is 26.8 Å². The lowest BCUT2D eigenvalue weighted by Crippen LogP contribution is -1.98. The van der Waals surface area contributed by atoms with Crippen LogP contribution in [0.15, 0.2) is 12.4 Å². The molecule has 0 bridgehead atoms. The average Bonchev–Trinajstić information content (AvgIpc) is 2.58. The Labute approximate surface area is 93.8 Å². The van der Waals surface area contributed by atoms with Crippen LogP contribution in [0.25, 0.3) is 17.1 Å². The third kappa shape index (κ3) is 2.03. The number of nitrogen functional groups attached to an aromatic ring is 1. The van der Waals surface area contributed by atoms with Crippen molar-refractivity contribution in [2.45, 2.75) is 20.8 Å². The van der Waals surface area contributed by atoms with E-state index in [0.717, 1.165) is 11.1 Å². The number of hydrogen-bond acceptors (Lipinski definition) is 4. The molecule has 0 aliphatic rings. The number of hydrogen-bond donors (Lipinski definition) is 2. The Balaban J connectivity index is 2.50. The molecule has 0 amide bonds. The number of nitrogens with one attached hydrogen (secondary N) is 1. The molecule has 0 spiro atoms. The Morgan fingerprint density at radius 2 is 2.06 bits per heavy atom. The van der Waals surface area contributed by atoms with E-state index in [-0.39, 0.29) is 5.41 Å². The molecule has 0 radical (unpaired) electrons. The largest absolute Gasteiger partial charge is 0.383 e. The van der Waals surface area contributed by atoms with Gasteiger partial charge in [0.25, 0.3) is 0 Å². The zero-order chi connectivity index (χ0) is 11.8. The van der Waals surface area contributed by atoms with Crippen molar-refractivity contribution in [1.29, 1.82) is 0 Å². The lowest BCUT2D eigenvalue weighted by molar-refractivity contribution is 0.547. The number of rotatable bonds is 1. The van der Waals surface area contributed by atoms with Gasteiger partial charge >= 0.3 is 0 Å². The normalized spacial score (nSPS) is 12.7. The maximum atomic E-state index is 5.80. The fourth-order valence-electron chi connectivity index (χ4n) is 1.36. The van der Waals surface area contributed by atoms with E-state index >= 15 is 0 Å². The molecular weight excluding hydrogens is 202 g/mol. The molecule has 84 valence electrons. The fourth-order valence-corrected chi connectivity index (χ4v) is 1.36. The van der Waals surface area contributed by atoms with Gasteiger partial charge in [-0.2, -0.15) is 5.10 Å². The van der Waals surface area contributed by atoms with Gasteiger partial charge in [0, 0.05) is 0 Å². The molecule has 2 aromatic rings. The van der Waals surface area contributed by atoms with Crippen LogP contribution in [0.1, 0.15) is 26.5 Å². The highest BCUT2D eigenvalue weighted by Gasteiger charge is 2.09. The summed E-state index contributed by atoms with van der Waals surface area (Å²) in [6.45, 7) is 6.38. The second-order valence-electron chi connectivity index (χ2n) is 4.79. The van der Waals surface area contributed by atoms with Gasteiger partial charge < -0.3 is 5.73 Å². The Morgan fingerprint density at radius 1 is 1.31 bits per heavy atom. The molecule has 0 fully saturated rings. The first-order chi connectivity index (χ1) is 7.47. The van der Waals surface area contributed by atoms with E-state index in [1.165, 1.54) is 6.33 Å². The maximum Gasteiger partial charge on any atom is 0.186 e. The summed E-state index contributed by atoms with van der Waals surface area (Å²) in [5, 5.41) is 7.76. The quantitative estimate of drug-likeness (QED) is 0.765. The van der Waals surface area contributed by atoms with Gasteiger partial charge in [-0.25, -0.2) is 9.97 Å². The van der Waals surface area contributed by atoms with E-state index in [1.54, 1.807) is 0 Å². The van der Waals surface area contributed by atoms with Crippen LogP contribution in [0.2, 0.25) is 0 Å². The monoisotopic (exact) mass is 217 g/mol. The molecule has 0 aromatic carbocycles. The molecular formula is C11H15N5. The van der Waals surface area contributed by atoms with Crippen LogP contribution in [-0.2, 0) is 0 Å². The summed E-state index contributed by atoms with van der Waals surface area (Å²) < 4.78 is 0. The highest BCUT2D eigenvalue weighted by Crippen LogP contribution is 2.22. The number of aromatic amines is 1. The third-order valence-electron chi connectivity index (χ3n) is 2.16. The van der Waals surface area contributed by atoms with Crippen molar-refractivity contribution in [3.8, 4) is 0 Å². The van der Waals surface area contributed by atoms with E-state index in [2.05, 4.69) is 47.0 Å². The fraction of sp³-hybridized carbons (Fsp3) is 0.364. The number of anilines is 1. The summed E-state index contributed by atoms with van der Waals surface area (Å²) in [6.07, 6.45) is 5.47. The van der Waals surface area contributed by atoms with Crippen molar-refractivity contribution in [2.75, 3.05) is 5.73 Å². The molecule has 5 nitrogen and oxygen atoms in total. The van der Waals surface area contributed by atoms with Crippen LogP contribution < -0.4 is 5.73 Å². The summed E-state index contributed by atoms with van der Waals surface area (Å²) in [7, 11) is 0. The van der Waals surface area contributed by atoms with Gasteiger partial charge in [0.15, 0.2) is 5.65 Å². The molecule has 0 aliphatic carbocycles. The Morgan fingerprint density at radius 3 is 2.75 bits per heavy atom. The van der Waals surface area contributed by atoms with Crippen molar-refractivity contribution < 1.29 is 0 Å². The third-order valence-corrected chi connectivity index (χ3v) is 2.16. The van der Waals surface area contributed by atoms with Crippen molar-refractivity contribution >= 4 is 22.9 Å². The predicted octanol–water partition coefficient (Wildman–Crippen LogP) is 1.99. The minimum atomic E-state index is 0.113. The molecule has 2 aromatic heterocycles. The first kappa shape index (κ1) is 10.6. The maximum absolute atomic E-state index is 5.80. The Hall–Kier alpha value is -1.91. The topological polar surface area (TPSA) is 80.5 Å². The Bertz CT molecular complexity index is 533. The summed E-state index contributed by atoms with van der Waals surface area (Å²) in [4.78, 5) is 8.00. The minimum absolute atomic E-state index is 0.113. The molecule has 0 aliphatic heterocycles. The van der Waals surface area contributed by atoms with Crippen LogP contribution in [-0.4, -0.2) is 20.2 Å². The second kappa shape index (κ2) is 3.59. The van der Waals surface area contributed by atoms with Crippen molar-refractivity contribution in [3.05, 3.63) is 18.1 Å². The zero-order valence-electron chi connectivity index (χ0n) is 9.65. The number of H-pyrrole nitrogens is 1. The molecule has 0 unspecified atom stereocenters. The zero-order valence-corrected chi connectivity index (χ0v) is 9.65. The van der Waals surface area contributed by atoms with E-state index in [9.17, 15) is 0 Å². The molecule has 5 heteroatoms. The summed E-state index contributed by atoms with van der Waals surface area (Å²) in [5.41, 5.74) is 7.36. The summed E-state index contributed by atoms with van der Waals surface area (Å²) in [6, 6.07) is 0. The van der Waals surface area contributed by atoms with Crippen LogP contribution in [0, 0.1) is 5.41 Å². The van der Waals surface area contributed by atoms with E-state index < -0.39 is 0 Å². The van der Waals surface area contributed by atoms with E-state index in [4.69, 9.17) is 5.73 Å². The van der Waals surface area contributed by atoms with Crippen LogP contribution in [0.3, 0.4) is 0 Å². The lowest BCUT2D eigenvalue weighted by Gasteiger charge is -2.10. The van der Waals surface area contributed by atoms with Gasteiger partial charge in [-0.15, -0.1) is 0 Å². The van der Waals surface area contributed by atoms with Gasteiger partial charge in [0.05, 0.1) is 11.1 Å². The van der Waals surface area contributed by atoms with Gasteiger partial charge in [-0.05, 0) is 11.5 Å². The van der Waals surface area contributed by atoms with Crippen molar-refractivity contribution in [1.82, 2.24) is 20.2 Å². The van der Waals surface area contributed by atoms with E-state index in [0.29, 0.717) is 11.5 Å².